The number of amides is 1. The summed E-state index contributed by atoms with van der Waals surface area (Å²) in [5.41, 5.74) is -0.494. The first-order chi connectivity index (χ1) is 18.5. The first kappa shape index (κ1) is 26.8. The van der Waals surface area contributed by atoms with Gasteiger partial charge in [0.05, 0.1) is 41.3 Å². The number of ether oxygens (including phenoxy) is 1. The summed E-state index contributed by atoms with van der Waals surface area (Å²) in [4.78, 5) is 17.3. The Morgan fingerprint density at radius 1 is 1.08 bits per heavy atom. The number of carbonyl (C=O) groups is 1. The number of nitrogens with zero attached hydrogens (tertiary/aromatic N) is 5. The molecule has 0 fully saturated rings. The third kappa shape index (κ3) is 5.51. The van der Waals surface area contributed by atoms with Gasteiger partial charge in [0.2, 0.25) is 0 Å². The molecule has 39 heavy (non-hydrogen) atoms. The van der Waals surface area contributed by atoms with Gasteiger partial charge in [0.15, 0.2) is 17.0 Å². The Morgan fingerprint density at radius 3 is 2.59 bits per heavy atom. The van der Waals surface area contributed by atoms with Gasteiger partial charge in [-0.25, -0.2) is 9.50 Å². The lowest BCUT2D eigenvalue weighted by atomic mass is 10.1. The van der Waals surface area contributed by atoms with Gasteiger partial charge in [0.1, 0.15) is 10.8 Å². The van der Waals surface area contributed by atoms with E-state index in [1.54, 1.807) is 36.4 Å². The molecule has 5 rings (SSSR count). The van der Waals surface area contributed by atoms with Gasteiger partial charge in [0, 0.05) is 11.8 Å². The Hall–Kier alpha value is -3.80. The minimum absolute atomic E-state index is 0.0222. The Bertz CT molecular complexity index is 1720. The minimum atomic E-state index is -4.82. The number of nitrogens with one attached hydrogen (secondary N) is 1. The zero-order chi connectivity index (χ0) is 27.9. The van der Waals surface area contributed by atoms with E-state index in [0.29, 0.717) is 32.4 Å². The van der Waals surface area contributed by atoms with Crippen molar-refractivity contribution in [3.8, 4) is 17.0 Å². The van der Waals surface area contributed by atoms with Gasteiger partial charge in [-0.1, -0.05) is 53.0 Å². The van der Waals surface area contributed by atoms with Crippen LogP contribution in [0.4, 0.5) is 18.9 Å². The molecule has 200 valence electrons. The second-order valence-electron chi connectivity index (χ2n) is 8.28. The lowest BCUT2D eigenvalue weighted by Crippen LogP contribution is -2.15. The first-order valence-corrected chi connectivity index (χ1v) is 12.3. The average molecular weight is 596 g/mol. The predicted molar refractivity (Wildman–Crippen MR) is 141 cm³/mol. The Labute approximate surface area is 233 Å². The zero-order valence-electron chi connectivity index (χ0n) is 19.8. The highest BCUT2D eigenvalue weighted by Crippen LogP contribution is 2.35. The van der Waals surface area contributed by atoms with Crippen molar-refractivity contribution in [1.29, 1.82) is 0 Å². The number of hydrogen-bond donors (Lipinski definition) is 1. The van der Waals surface area contributed by atoms with Crippen LogP contribution in [-0.4, -0.2) is 37.4 Å². The molecule has 3 aromatic heterocycles. The molecule has 0 unspecified atom stereocenters. The molecular formula is C25H16Cl3F3N6O2. The van der Waals surface area contributed by atoms with Crippen molar-refractivity contribution in [1.82, 2.24) is 24.4 Å². The summed E-state index contributed by atoms with van der Waals surface area (Å²) in [7, 11) is 1.44. The molecule has 14 heteroatoms. The molecule has 0 aliphatic rings. The number of fused-ring (bicyclic) bond motifs is 1. The van der Waals surface area contributed by atoms with Crippen molar-refractivity contribution in [2.24, 2.45) is 0 Å². The minimum Gasteiger partial charge on any atom is -0.497 e. The fourth-order valence-electron chi connectivity index (χ4n) is 3.80. The summed E-state index contributed by atoms with van der Waals surface area (Å²) in [5.74, 6) is -0.405. The third-order valence-electron chi connectivity index (χ3n) is 5.62. The van der Waals surface area contributed by atoms with Crippen LogP contribution in [0.25, 0.3) is 16.9 Å². The van der Waals surface area contributed by atoms with E-state index in [1.165, 1.54) is 30.3 Å². The fourth-order valence-corrected chi connectivity index (χ4v) is 4.37. The summed E-state index contributed by atoms with van der Waals surface area (Å²) in [6, 6.07) is 12.3. The molecule has 1 N–H and O–H groups in total. The molecule has 0 atom stereocenters. The number of benzene rings is 2. The lowest BCUT2D eigenvalue weighted by Gasteiger charge is -2.11. The molecule has 0 bridgehead atoms. The number of aromatic nitrogens is 5. The van der Waals surface area contributed by atoms with Crippen LogP contribution < -0.4 is 10.1 Å². The SMILES string of the molecule is COc1cccc(-c2cc(C(F)(F)F)n3nc(C(=O)Nc4cnn(Cc5ccc(Cl)c(Cl)c5)c4)c(Cl)c3n2)c1. The highest BCUT2D eigenvalue weighted by atomic mass is 35.5. The summed E-state index contributed by atoms with van der Waals surface area (Å²) in [6.45, 7) is 0.327. The number of alkyl halides is 3. The second-order valence-corrected chi connectivity index (χ2v) is 9.48. The molecule has 3 heterocycles. The van der Waals surface area contributed by atoms with Crippen molar-refractivity contribution >= 4 is 52.0 Å². The van der Waals surface area contributed by atoms with Crippen molar-refractivity contribution < 1.29 is 22.7 Å². The maximum atomic E-state index is 14.0. The van der Waals surface area contributed by atoms with Gasteiger partial charge >= 0.3 is 6.18 Å². The van der Waals surface area contributed by atoms with E-state index in [1.807, 2.05) is 0 Å². The van der Waals surface area contributed by atoms with E-state index in [4.69, 9.17) is 39.5 Å². The predicted octanol–water partition coefficient (Wildman–Crippen LogP) is 6.88. The van der Waals surface area contributed by atoms with E-state index >= 15 is 0 Å². The van der Waals surface area contributed by atoms with Crippen molar-refractivity contribution in [3.63, 3.8) is 0 Å². The zero-order valence-corrected chi connectivity index (χ0v) is 22.1. The fraction of sp³-hybridized carbons (Fsp3) is 0.120. The lowest BCUT2D eigenvalue weighted by molar-refractivity contribution is -0.142. The molecular weight excluding hydrogens is 580 g/mol. The number of carbonyl (C=O) groups excluding carboxylic acids is 1. The molecule has 1 amide bonds. The number of anilines is 1. The molecule has 0 aliphatic carbocycles. The topological polar surface area (TPSA) is 86.3 Å². The highest BCUT2D eigenvalue weighted by molar-refractivity contribution is 6.42. The average Bonchev–Trinajstić information content (AvgIpc) is 3.48. The van der Waals surface area contributed by atoms with Crippen LogP contribution in [-0.2, 0) is 12.7 Å². The number of halogens is 6. The molecule has 5 aromatic rings. The van der Waals surface area contributed by atoms with Crippen LogP contribution in [0.2, 0.25) is 15.1 Å². The summed E-state index contributed by atoms with van der Waals surface area (Å²) < 4.78 is 49.2. The van der Waals surface area contributed by atoms with E-state index in [2.05, 4.69) is 20.5 Å². The highest BCUT2D eigenvalue weighted by Gasteiger charge is 2.37. The van der Waals surface area contributed by atoms with Crippen molar-refractivity contribution in [3.05, 3.63) is 92.9 Å². The van der Waals surface area contributed by atoms with Crippen LogP contribution in [0.1, 0.15) is 21.7 Å². The monoisotopic (exact) mass is 594 g/mol. The molecule has 0 aliphatic heterocycles. The maximum absolute atomic E-state index is 14.0. The first-order valence-electron chi connectivity index (χ1n) is 11.1. The second kappa shape index (κ2) is 10.4. The van der Waals surface area contributed by atoms with Gasteiger partial charge in [0.25, 0.3) is 5.91 Å². The molecule has 2 aromatic carbocycles. The molecule has 0 spiro atoms. The van der Waals surface area contributed by atoms with Crippen LogP contribution in [0.5, 0.6) is 5.75 Å². The van der Waals surface area contributed by atoms with E-state index in [9.17, 15) is 18.0 Å². The van der Waals surface area contributed by atoms with Gasteiger partial charge in [-0.3, -0.25) is 9.48 Å². The summed E-state index contributed by atoms with van der Waals surface area (Å²) >= 11 is 18.3. The molecule has 8 nitrogen and oxygen atoms in total. The molecule has 0 saturated carbocycles. The van der Waals surface area contributed by atoms with Crippen LogP contribution in [0.15, 0.2) is 60.9 Å². The van der Waals surface area contributed by atoms with Crippen molar-refractivity contribution in [2.45, 2.75) is 12.7 Å². The summed E-state index contributed by atoms with van der Waals surface area (Å²) in [5, 5.41) is 11.0. The van der Waals surface area contributed by atoms with Crippen molar-refractivity contribution in [2.75, 3.05) is 12.4 Å². The van der Waals surface area contributed by atoms with E-state index in [0.717, 1.165) is 11.6 Å². The third-order valence-corrected chi connectivity index (χ3v) is 6.71. The Balaban J connectivity index is 1.46. The quantitative estimate of drug-likeness (QED) is 0.231. The largest absolute Gasteiger partial charge is 0.497 e. The number of rotatable bonds is 6. The van der Waals surface area contributed by atoms with Gasteiger partial charge in [-0.15, -0.1) is 0 Å². The van der Waals surface area contributed by atoms with Crippen LogP contribution in [0.3, 0.4) is 0 Å². The standard InChI is InChI=1S/C25H16Cl3F3N6O2/c1-39-16-4-2-3-14(8-16)19-9-20(25(29,30)31)37-23(34-19)21(28)22(35-37)24(38)33-15-10-32-36(12-15)11-13-5-6-17(26)18(27)7-13/h2-10,12H,11H2,1H3,(H,33,38). The van der Waals surface area contributed by atoms with Crippen LogP contribution >= 0.6 is 34.8 Å². The van der Waals surface area contributed by atoms with Gasteiger partial charge in [-0.2, -0.15) is 23.4 Å². The smallest absolute Gasteiger partial charge is 0.433 e. The molecule has 0 radical (unpaired) electrons. The Kier molecular flexibility index (Phi) is 7.15. The van der Waals surface area contributed by atoms with Crippen LogP contribution in [0, 0.1) is 0 Å². The van der Waals surface area contributed by atoms with Gasteiger partial charge < -0.3 is 10.1 Å². The van der Waals surface area contributed by atoms with Gasteiger partial charge in [-0.05, 0) is 35.9 Å². The van der Waals surface area contributed by atoms with E-state index in [-0.39, 0.29) is 22.1 Å². The maximum Gasteiger partial charge on any atom is 0.433 e. The summed E-state index contributed by atoms with van der Waals surface area (Å²) in [6.07, 6.45) is -1.91. The molecule has 0 saturated heterocycles. The Morgan fingerprint density at radius 2 is 1.87 bits per heavy atom. The van der Waals surface area contributed by atoms with E-state index < -0.39 is 23.5 Å². The normalized spacial score (nSPS) is 11.7. The number of methoxy groups -OCH3 is 1. The number of hydrogen-bond acceptors (Lipinski definition) is 5.